The van der Waals surface area contributed by atoms with E-state index in [0.29, 0.717) is 12.0 Å². The fourth-order valence-corrected chi connectivity index (χ4v) is 3.70. The van der Waals surface area contributed by atoms with Gasteiger partial charge in [-0.2, -0.15) is 0 Å². The second-order valence-corrected chi connectivity index (χ2v) is 6.03. The molecule has 0 radical (unpaired) electrons. The predicted molar refractivity (Wildman–Crippen MR) is 67.1 cm³/mol. The van der Waals surface area contributed by atoms with E-state index in [1.54, 1.807) is 11.3 Å². The van der Waals surface area contributed by atoms with Crippen molar-refractivity contribution in [2.45, 2.75) is 25.9 Å². The van der Waals surface area contributed by atoms with Crippen LogP contribution in [-0.4, -0.2) is 29.2 Å². The van der Waals surface area contributed by atoms with Crippen LogP contribution in [0.3, 0.4) is 0 Å². The smallest absolute Gasteiger partial charge is 0.0589 e. The number of rotatable bonds is 3. The van der Waals surface area contributed by atoms with E-state index in [1.807, 2.05) is 0 Å². The van der Waals surface area contributed by atoms with Gasteiger partial charge in [-0.15, -0.1) is 11.3 Å². The lowest BCUT2D eigenvalue weighted by Gasteiger charge is -2.24. The maximum Gasteiger partial charge on any atom is 0.0589 e. The average molecular weight is 290 g/mol. The maximum absolute atomic E-state index is 9.35. The quantitative estimate of drug-likeness (QED) is 0.925. The zero-order valence-electron chi connectivity index (χ0n) is 8.82. The Morgan fingerprint density at radius 1 is 1.67 bits per heavy atom. The van der Waals surface area contributed by atoms with E-state index in [0.717, 1.165) is 13.1 Å². The first-order chi connectivity index (χ1) is 7.22. The summed E-state index contributed by atoms with van der Waals surface area (Å²) in [6.45, 7) is 4.58. The molecule has 1 N–H and O–H groups in total. The molecule has 2 atom stereocenters. The first kappa shape index (κ1) is 11.6. The summed E-state index contributed by atoms with van der Waals surface area (Å²) in [6.07, 6.45) is 1.20. The zero-order valence-corrected chi connectivity index (χ0v) is 11.2. The Morgan fingerprint density at radius 3 is 3.07 bits per heavy atom. The van der Waals surface area contributed by atoms with Crippen molar-refractivity contribution < 1.29 is 5.11 Å². The van der Waals surface area contributed by atoms with Gasteiger partial charge in [0.1, 0.15) is 0 Å². The molecule has 0 bridgehead atoms. The highest BCUT2D eigenvalue weighted by Gasteiger charge is 2.30. The molecule has 1 aromatic rings. The van der Waals surface area contributed by atoms with Gasteiger partial charge < -0.3 is 5.11 Å². The van der Waals surface area contributed by atoms with Crippen LogP contribution >= 0.6 is 27.3 Å². The van der Waals surface area contributed by atoms with Gasteiger partial charge in [0.05, 0.1) is 6.61 Å². The van der Waals surface area contributed by atoms with Crippen molar-refractivity contribution in [1.82, 2.24) is 4.90 Å². The standard InChI is InChI=1S/C11H16BrNOS/c1-8-2-4-13(10(8)7-14)6-11-9(12)3-5-15-11/h3,5,8,10,14H,2,4,6-7H2,1H3. The van der Waals surface area contributed by atoms with Crippen molar-refractivity contribution in [2.24, 2.45) is 5.92 Å². The number of thiophene rings is 1. The van der Waals surface area contributed by atoms with Crippen LogP contribution in [0.5, 0.6) is 0 Å². The van der Waals surface area contributed by atoms with E-state index in [9.17, 15) is 5.11 Å². The Bertz CT molecular complexity index is 328. The van der Waals surface area contributed by atoms with Gasteiger partial charge in [0.15, 0.2) is 0 Å². The molecule has 84 valence electrons. The molecule has 2 unspecified atom stereocenters. The summed E-state index contributed by atoms with van der Waals surface area (Å²) in [6, 6.07) is 2.44. The Hall–Kier alpha value is 0.1000. The molecule has 2 heterocycles. The van der Waals surface area contributed by atoms with Gasteiger partial charge in [-0.3, -0.25) is 4.90 Å². The summed E-state index contributed by atoms with van der Waals surface area (Å²) in [5.41, 5.74) is 0. The van der Waals surface area contributed by atoms with Crippen LogP contribution in [0.15, 0.2) is 15.9 Å². The van der Waals surface area contributed by atoms with Crippen molar-refractivity contribution in [3.8, 4) is 0 Å². The summed E-state index contributed by atoms with van der Waals surface area (Å²) >= 11 is 5.33. The minimum atomic E-state index is 0.282. The van der Waals surface area contributed by atoms with Crippen LogP contribution in [-0.2, 0) is 6.54 Å². The third kappa shape index (κ3) is 2.44. The maximum atomic E-state index is 9.35. The summed E-state index contributed by atoms with van der Waals surface area (Å²) in [5.74, 6) is 0.619. The van der Waals surface area contributed by atoms with Crippen LogP contribution in [0.4, 0.5) is 0 Å². The first-order valence-electron chi connectivity index (χ1n) is 5.29. The minimum absolute atomic E-state index is 0.282. The van der Waals surface area contributed by atoms with E-state index in [-0.39, 0.29) is 6.61 Å². The Kier molecular flexibility index (Phi) is 3.83. The van der Waals surface area contributed by atoms with Crippen molar-refractivity contribution in [1.29, 1.82) is 0 Å². The Morgan fingerprint density at radius 2 is 2.47 bits per heavy atom. The van der Waals surface area contributed by atoms with Gasteiger partial charge in [-0.1, -0.05) is 6.92 Å². The van der Waals surface area contributed by atoms with Gasteiger partial charge >= 0.3 is 0 Å². The second kappa shape index (κ2) is 4.95. The molecule has 1 aliphatic rings. The van der Waals surface area contributed by atoms with Crippen LogP contribution in [0.2, 0.25) is 0 Å². The molecule has 1 aliphatic heterocycles. The number of hydrogen-bond donors (Lipinski definition) is 1. The lowest BCUT2D eigenvalue weighted by atomic mass is 10.0. The molecular weight excluding hydrogens is 274 g/mol. The van der Waals surface area contributed by atoms with Gasteiger partial charge in [0, 0.05) is 21.9 Å². The van der Waals surface area contributed by atoms with E-state index in [2.05, 4.69) is 39.2 Å². The molecule has 15 heavy (non-hydrogen) atoms. The van der Waals surface area contributed by atoms with Gasteiger partial charge in [-0.05, 0) is 46.3 Å². The summed E-state index contributed by atoms with van der Waals surface area (Å²) in [4.78, 5) is 3.75. The molecule has 2 nitrogen and oxygen atoms in total. The van der Waals surface area contributed by atoms with E-state index in [4.69, 9.17) is 0 Å². The lowest BCUT2D eigenvalue weighted by Crippen LogP contribution is -2.34. The SMILES string of the molecule is CC1CCN(Cc2sccc2Br)C1CO. The lowest BCUT2D eigenvalue weighted by molar-refractivity contribution is 0.135. The Balaban J connectivity index is 2.03. The normalized spacial score (nSPS) is 27.4. The molecule has 1 fully saturated rings. The van der Waals surface area contributed by atoms with Crippen molar-refractivity contribution in [3.05, 3.63) is 20.8 Å². The van der Waals surface area contributed by atoms with E-state index >= 15 is 0 Å². The zero-order chi connectivity index (χ0) is 10.8. The molecule has 0 saturated carbocycles. The highest BCUT2D eigenvalue weighted by atomic mass is 79.9. The predicted octanol–water partition coefficient (Wildman–Crippen LogP) is 2.71. The third-order valence-electron chi connectivity index (χ3n) is 3.22. The highest BCUT2D eigenvalue weighted by molar-refractivity contribution is 9.10. The third-order valence-corrected chi connectivity index (χ3v) is 5.13. The summed E-state index contributed by atoms with van der Waals surface area (Å²) in [7, 11) is 0. The molecule has 0 amide bonds. The van der Waals surface area contributed by atoms with Crippen molar-refractivity contribution >= 4 is 27.3 Å². The number of aliphatic hydroxyl groups excluding tert-OH is 1. The number of hydrogen-bond acceptors (Lipinski definition) is 3. The van der Waals surface area contributed by atoms with Crippen molar-refractivity contribution in [2.75, 3.05) is 13.2 Å². The fraction of sp³-hybridized carbons (Fsp3) is 0.636. The van der Waals surface area contributed by atoms with Crippen LogP contribution in [0.25, 0.3) is 0 Å². The number of nitrogens with zero attached hydrogens (tertiary/aromatic N) is 1. The first-order valence-corrected chi connectivity index (χ1v) is 6.96. The molecule has 0 aromatic carbocycles. The van der Waals surface area contributed by atoms with Gasteiger partial charge in [-0.25, -0.2) is 0 Å². The summed E-state index contributed by atoms with van der Waals surface area (Å²) in [5, 5.41) is 11.5. The average Bonchev–Trinajstić information content (AvgIpc) is 2.76. The Labute approximate surface area is 103 Å². The van der Waals surface area contributed by atoms with Crippen molar-refractivity contribution in [3.63, 3.8) is 0 Å². The minimum Gasteiger partial charge on any atom is -0.395 e. The van der Waals surface area contributed by atoms with Crippen LogP contribution in [0.1, 0.15) is 18.2 Å². The van der Waals surface area contributed by atoms with Gasteiger partial charge in [0.25, 0.3) is 0 Å². The number of aliphatic hydroxyl groups is 1. The molecule has 2 rings (SSSR count). The molecule has 1 aromatic heterocycles. The molecule has 4 heteroatoms. The molecule has 1 saturated heterocycles. The van der Waals surface area contributed by atoms with Crippen LogP contribution < -0.4 is 0 Å². The summed E-state index contributed by atoms with van der Waals surface area (Å²) < 4.78 is 1.20. The van der Waals surface area contributed by atoms with E-state index in [1.165, 1.54) is 15.8 Å². The second-order valence-electron chi connectivity index (χ2n) is 4.18. The number of halogens is 1. The monoisotopic (exact) mass is 289 g/mol. The molecular formula is C11H16BrNOS. The van der Waals surface area contributed by atoms with Gasteiger partial charge in [0.2, 0.25) is 0 Å². The topological polar surface area (TPSA) is 23.5 Å². The van der Waals surface area contributed by atoms with Crippen LogP contribution in [0, 0.1) is 5.92 Å². The largest absolute Gasteiger partial charge is 0.395 e. The molecule has 0 spiro atoms. The van der Waals surface area contributed by atoms with E-state index < -0.39 is 0 Å². The fourth-order valence-electron chi connectivity index (χ4n) is 2.20. The molecule has 0 aliphatic carbocycles. The highest BCUT2D eigenvalue weighted by Crippen LogP contribution is 2.29. The number of likely N-dealkylation sites (tertiary alicyclic amines) is 1.